The molecule has 1 fully saturated rings. The SMILES string of the molecule is CN(C)C1(c2ccccc2)CCC(CNC(=O)N2CC=C(c3c[nH]c4ccc(Cl)cc34)CC2)CC1.O=C(O)CC(O)(CC(=O)O)C(=O)O. The summed E-state index contributed by atoms with van der Waals surface area (Å²) in [7, 11) is 4.39. The van der Waals surface area contributed by atoms with Crippen LogP contribution >= 0.6 is 11.6 Å². The number of hydrogen-bond donors (Lipinski definition) is 6. The van der Waals surface area contributed by atoms with Gasteiger partial charge in [0.25, 0.3) is 0 Å². The molecule has 12 nitrogen and oxygen atoms in total. The minimum Gasteiger partial charge on any atom is -0.481 e. The number of aromatic amines is 1. The number of carbonyl (C=O) groups excluding carboxylic acids is 1. The van der Waals surface area contributed by atoms with Crippen molar-refractivity contribution in [2.24, 2.45) is 5.92 Å². The van der Waals surface area contributed by atoms with Crippen LogP contribution in [0.1, 0.15) is 56.1 Å². The number of fused-ring (bicyclic) bond motifs is 1. The van der Waals surface area contributed by atoms with Crippen LogP contribution in [0.4, 0.5) is 4.79 Å². The zero-order valence-corrected chi connectivity index (χ0v) is 27.9. The van der Waals surface area contributed by atoms with Gasteiger partial charge in [-0.15, -0.1) is 0 Å². The average molecular weight is 683 g/mol. The first-order valence-corrected chi connectivity index (χ1v) is 16.2. The average Bonchev–Trinajstić information content (AvgIpc) is 3.47. The van der Waals surface area contributed by atoms with Gasteiger partial charge in [-0.25, -0.2) is 9.59 Å². The summed E-state index contributed by atoms with van der Waals surface area (Å²) in [6, 6.07) is 16.8. The Morgan fingerprint density at radius 2 is 1.67 bits per heavy atom. The van der Waals surface area contributed by atoms with Crippen LogP contribution in [0.25, 0.3) is 16.5 Å². The van der Waals surface area contributed by atoms with Crippen molar-refractivity contribution in [1.29, 1.82) is 0 Å². The van der Waals surface area contributed by atoms with Gasteiger partial charge in [0.15, 0.2) is 5.60 Å². The maximum atomic E-state index is 12.9. The van der Waals surface area contributed by atoms with Crippen LogP contribution in [0.2, 0.25) is 5.02 Å². The molecule has 3 aromatic rings. The number of nitrogens with one attached hydrogen (secondary N) is 2. The highest BCUT2D eigenvalue weighted by Crippen LogP contribution is 2.43. The van der Waals surface area contributed by atoms with E-state index in [1.807, 2.05) is 23.1 Å². The molecule has 1 aliphatic heterocycles. The van der Waals surface area contributed by atoms with Gasteiger partial charge in [0.05, 0.1) is 12.8 Å². The second kappa shape index (κ2) is 15.7. The summed E-state index contributed by atoms with van der Waals surface area (Å²) < 4.78 is 0. The molecular weight excluding hydrogens is 640 g/mol. The molecule has 6 N–H and O–H groups in total. The zero-order chi connectivity index (χ0) is 35.1. The maximum absolute atomic E-state index is 12.9. The van der Waals surface area contributed by atoms with E-state index in [2.05, 4.69) is 71.9 Å². The summed E-state index contributed by atoms with van der Waals surface area (Å²) in [5, 5.41) is 38.9. The molecule has 1 saturated carbocycles. The molecule has 0 atom stereocenters. The molecule has 2 aromatic carbocycles. The second-order valence-electron chi connectivity index (χ2n) is 12.7. The van der Waals surface area contributed by atoms with Crippen molar-refractivity contribution in [1.82, 2.24) is 20.1 Å². The van der Waals surface area contributed by atoms with Gasteiger partial charge in [0.1, 0.15) is 0 Å². The van der Waals surface area contributed by atoms with E-state index in [4.69, 9.17) is 32.0 Å². The van der Waals surface area contributed by atoms with Crippen molar-refractivity contribution in [3.63, 3.8) is 0 Å². The number of carboxylic acid groups (broad SMARTS) is 3. The second-order valence-corrected chi connectivity index (χ2v) is 13.2. The lowest BCUT2D eigenvalue weighted by Gasteiger charge is -2.45. The van der Waals surface area contributed by atoms with Crippen molar-refractivity contribution in [2.75, 3.05) is 33.7 Å². The molecule has 258 valence electrons. The van der Waals surface area contributed by atoms with E-state index in [1.54, 1.807) is 0 Å². The number of amides is 2. The first kappa shape index (κ1) is 36.4. The number of aliphatic hydroxyl groups is 1. The Morgan fingerprint density at radius 3 is 2.21 bits per heavy atom. The maximum Gasteiger partial charge on any atom is 0.336 e. The van der Waals surface area contributed by atoms with E-state index in [0.29, 0.717) is 12.5 Å². The number of benzene rings is 2. The molecule has 48 heavy (non-hydrogen) atoms. The molecular formula is C35H43ClN4O8. The Bertz CT molecular complexity index is 1630. The smallest absolute Gasteiger partial charge is 0.336 e. The topological polar surface area (TPSA) is 183 Å². The van der Waals surface area contributed by atoms with Crippen molar-refractivity contribution in [2.45, 2.75) is 56.1 Å². The largest absolute Gasteiger partial charge is 0.481 e. The Kier molecular flexibility index (Phi) is 11.9. The fraction of sp³-hybridized carbons (Fsp3) is 0.429. The van der Waals surface area contributed by atoms with Gasteiger partial charge in [-0.3, -0.25) is 14.5 Å². The monoisotopic (exact) mass is 682 g/mol. The third-order valence-corrected chi connectivity index (χ3v) is 9.65. The van der Waals surface area contributed by atoms with E-state index in [0.717, 1.165) is 61.1 Å². The van der Waals surface area contributed by atoms with Gasteiger partial charge >= 0.3 is 23.9 Å². The van der Waals surface area contributed by atoms with E-state index in [1.165, 1.54) is 16.7 Å². The van der Waals surface area contributed by atoms with Crippen molar-refractivity contribution < 1.29 is 39.6 Å². The first-order chi connectivity index (χ1) is 22.7. The molecule has 1 aliphatic carbocycles. The Hall–Kier alpha value is -4.39. The minimum absolute atomic E-state index is 0.0507. The molecule has 0 spiro atoms. The molecule has 0 bridgehead atoms. The molecule has 2 heterocycles. The highest BCUT2D eigenvalue weighted by molar-refractivity contribution is 6.31. The normalized spacial score (nSPS) is 19.6. The molecule has 0 saturated heterocycles. The zero-order valence-electron chi connectivity index (χ0n) is 27.1. The van der Waals surface area contributed by atoms with Crippen LogP contribution in [-0.4, -0.2) is 98.5 Å². The molecule has 2 aliphatic rings. The van der Waals surface area contributed by atoms with Crippen LogP contribution in [-0.2, 0) is 19.9 Å². The first-order valence-electron chi connectivity index (χ1n) is 15.9. The fourth-order valence-corrected chi connectivity index (χ4v) is 6.79. The number of carbonyl (C=O) groups is 4. The summed E-state index contributed by atoms with van der Waals surface area (Å²) in [5.41, 5.74) is 2.31. The number of aliphatic carboxylic acids is 3. The lowest BCUT2D eigenvalue weighted by atomic mass is 9.72. The van der Waals surface area contributed by atoms with Gasteiger partial charge in [-0.1, -0.05) is 48.0 Å². The molecule has 5 rings (SSSR count). The van der Waals surface area contributed by atoms with E-state index >= 15 is 0 Å². The Labute approximate surface area is 284 Å². The minimum atomic E-state index is -2.74. The molecule has 0 unspecified atom stereocenters. The summed E-state index contributed by atoms with van der Waals surface area (Å²) in [4.78, 5) is 51.0. The molecule has 1 aromatic heterocycles. The quantitative estimate of drug-likeness (QED) is 0.171. The molecule has 2 amide bonds. The Balaban J connectivity index is 0.000000341. The number of rotatable bonds is 10. The number of carboxylic acids is 3. The summed E-state index contributed by atoms with van der Waals surface area (Å²) in [6.07, 6.45) is 7.28. The van der Waals surface area contributed by atoms with Crippen LogP contribution in [0.5, 0.6) is 0 Å². The summed E-state index contributed by atoms with van der Waals surface area (Å²) >= 11 is 6.22. The fourth-order valence-electron chi connectivity index (χ4n) is 6.62. The molecule has 13 heteroatoms. The third-order valence-electron chi connectivity index (χ3n) is 9.41. The molecule has 0 radical (unpaired) electrons. The summed E-state index contributed by atoms with van der Waals surface area (Å²) in [5.74, 6) is -4.49. The lowest BCUT2D eigenvalue weighted by molar-refractivity contribution is -0.170. The predicted octanol–water partition coefficient (Wildman–Crippen LogP) is 5.02. The predicted molar refractivity (Wildman–Crippen MR) is 182 cm³/mol. The van der Waals surface area contributed by atoms with Gasteiger partial charge in [0.2, 0.25) is 0 Å². The van der Waals surface area contributed by atoms with Gasteiger partial charge < -0.3 is 35.6 Å². The number of aromatic nitrogens is 1. The van der Waals surface area contributed by atoms with Crippen LogP contribution < -0.4 is 5.32 Å². The lowest BCUT2D eigenvalue weighted by Crippen LogP contribution is -2.47. The van der Waals surface area contributed by atoms with E-state index in [-0.39, 0.29) is 11.6 Å². The highest BCUT2D eigenvalue weighted by atomic mass is 35.5. The van der Waals surface area contributed by atoms with Gasteiger partial charge in [0, 0.05) is 52.9 Å². The number of nitrogens with zero attached hydrogens (tertiary/aromatic N) is 2. The Morgan fingerprint density at radius 1 is 1.02 bits per heavy atom. The number of urea groups is 1. The standard InChI is InChI=1S/C29H35ClN4O.C6H8O7/c1-33(2)29(23-6-4-3-5-7-23)14-10-21(11-15-29)19-32-28(35)34-16-12-22(13-17-34)26-20-31-27-9-8-24(30)18-25(26)27;7-3(8)1-6(13,5(11)12)2-4(9)10/h3-9,12,18,20-21,31H,10-11,13-17,19H2,1-2H3,(H,32,35);13H,1-2H2,(H,7,8)(H,9,10)(H,11,12). The van der Waals surface area contributed by atoms with Crippen molar-refractivity contribution in [3.05, 3.63) is 77.0 Å². The third kappa shape index (κ3) is 8.74. The summed E-state index contributed by atoms with van der Waals surface area (Å²) in [6.45, 7) is 2.12. The van der Waals surface area contributed by atoms with Crippen LogP contribution in [0.3, 0.4) is 0 Å². The van der Waals surface area contributed by atoms with E-state index in [9.17, 15) is 19.2 Å². The van der Waals surface area contributed by atoms with Gasteiger partial charge in [-0.05, 0) is 81.5 Å². The van der Waals surface area contributed by atoms with Crippen molar-refractivity contribution >= 4 is 52.0 Å². The van der Waals surface area contributed by atoms with Crippen molar-refractivity contribution in [3.8, 4) is 0 Å². The number of hydrogen-bond acceptors (Lipinski definition) is 6. The van der Waals surface area contributed by atoms with Crippen LogP contribution in [0, 0.1) is 5.92 Å². The van der Waals surface area contributed by atoms with E-state index < -0.39 is 36.4 Å². The van der Waals surface area contributed by atoms with Crippen LogP contribution in [0.15, 0.2) is 60.8 Å². The van der Waals surface area contributed by atoms with Gasteiger partial charge in [-0.2, -0.15) is 0 Å². The number of H-pyrrole nitrogens is 1. The highest BCUT2D eigenvalue weighted by Gasteiger charge is 2.41. The number of halogens is 1.